The Morgan fingerprint density at radius 1 is 1.19 bits per heavy atom. The number of aryl methyl sites for hydroxylation is 1. The first kappa shape index (κ1) is 16.5. The molecule has 0 radical (unpaired) electrons. The minimum absolute atomic E-state index is 0.00177. The van der Waals surface area contributed by atoms with Crippen LogP contribution in [0.1, 0.15) is 51.9 Å². The number of nitrogens with zero attached hydrogens (tertiary/aromatic N) is 3. The minimum atomic E-state index is -0.123. The Hall–Kier alpha value is -2.95. The van der Waals surface area contributed by atoms with Crippen molar-refractivity contribution in [3.63, 3.8) is 0 Å². The van der Waals surface area contributed by atoms with E-state index in [1.165, 1.54) is 11.3 Å². The topological polar surface area (TPSA) is 59.8 Å². The fourth-order valence-electron chi connectivity index (χ4n) is 3.56. The van der Waals surface area contributed by atoms with Gasteiger partial charge in [0.2, 0.25) is 0 Å². The van der Waals surface area contributed by atoms with Gasteiger partial charge in [-0.05, 0) is 43.9 Å². The van der Waals surface area contributed by atoms with Gasteiger partial charge in [-0.25, -0.2) is 4.98 Å². The molecule has 0 fully saturated rings. The predicted octanol–water partition coefficient (Wildman–Crippen LogP) is 3.44. The first-order valence-electron chi connectivity index (χ1n) is 9.04. The highest BCUT2D eigenvalue weighted by Gasteiger charge is 2.26. The standard InChI is InChI=1S/C21H22N4O/c1-15-7-5-11-19(23-15)21(26)24-18-10-6-12-20-17(18)13-22-25(20)14-16-8-3-2-4-9-16/h2-5,7-9,11,13,18H,6,10,12,14H2,1H3,(H,24,26)/t18-/m0/s1. The van der Waals surface area contributed by atoms with E-state index in [1.807, 2.05) is 43.5 Å². The van der Waals surface area contributed by atoms with Gasteiger partial charge in [0.1, 0.15) is 5.69 Å². The van der Waals surface area contributed by atoms with Crippen molar-refractivity contribution in [2.45, 2.75) is 38.8 Å². The lowest BCUT2D eigenvalue weighted by atomic mass is 9.92. The van der Waals surface area contributed by atoms with E-state index < -0.39 is 0 Å². The highest BCUT2D eigenvalue weighted by atomic mass is 16.1. The maximum Gasteiger partial charge on any atom is 0.270 e. The number of fused-ring (bicyclic) bond motifs is 1. The fourth-order valence-corrected chi connectivity index (χ4v) is 3.56. The van der Waals surface area contributed by atoms with Crippen molar-refractivity contribution in [1.29, 1.82) is 0 Å². The quantitative estimate of drug-likeness (QED) is 0.787. The third-order valence-corrected chi connectivity index (χ3v) is 4.86. The van der Waals surface area contributed by atoms with Crippen molar-refractivity contribution in [3.05, 3.63) is 82.9 Å². The maximum atomic E-state index is 12.6. The average Bonchev–Trinajstić information content (AvgIpc) is 3.06. The zero-order valence-corrected chi connectivity index (χ0v) is 14.9. The largest absolute Gasteiger partial charge is 0.344 e. The number of pyridine rings is 1. The lowest BCUT2D eigenvalue weighted by Crippen LogP contribution is -2.31. The zero-order valence-electron chi connectivity index (χ0n) is 14.9. The van der Waals surface area contributed by atoms with Crippen LogP contribution in [0, 0.1) is 6.92 Å². The molecule has 0 bridgehead atoms. The van der Waals surface area contributed by atoms with Crippen molar-refractivity contribution in [3.8, 4) is 0 Å². The number of aromatic nitrogens is 3. The Morgan fingerprint density at radius 3 is 2.85 bits per heavy atom. The highest BCUT2D eigenvalue weighted by Crippen LogP contribution is 2.30. The molecule has 1 amide bonds. The molecule has 1 aromatic carbocycles. The Morgan fingerprint density at radius 2 is 2.04 bits per heavy atom. The maximum absolute atomic E-state index is 12.6. The van der Waals surface area contributed by atoms with Crippen LogP contribution in [0.3, 0.4) is 0 Å². The Bertz CT molecular complexity index is 917. The number of carbonyl (C=O) groups is 1. The number of amides is 1. The van der Waals surface area contributed by atoms with Crippen LogP contribution in [0.4, 0.5) is 0 Å². The van der Waals surface area contributed by atoms with Crippen molar-refractivity contribution in [2.24, 2.45) is 0 Å². The summed E-state index contributed by atoms with van der Waals surface area (Å²) in [7, 11) is 0. The van der Waals surface area contributed by atoms with Crippen LogP contribution in [0.25, 0.3) is 0 Å². The first-order valence-corrected chi connectivity index (χ1v) is 9.04. The number of nitrogens with one attached hydrogen (secondary N) is 1. The number of rotatable bonds is 4. The molecule has 1 aliphatic carbocycles. The smallest absolute Gasteiger partial charge is 0.270 e. The first-order chi connectivity index (χ1) is 12.7. The molecule has 5 nitrogen and oxygen atoms in total. The third-order valence-electron chi connectivity index (χ3n) is 4.86. The van der Waals surface area contributed by atoms with E-state index in [1.54, 1.807) is 6.07 Å². The Balaban J connectivity index is 1.53. The molecule has 3 aromatic rings. The van der Waals surface area contributed by atoms with Gasteiger partial charge in [-0.1, -0.05) is 36.4 Å². The highest BCUT2D eigenvalue weighted by molar-refractivity contribution is 5.92. The second-order valence-corrected chi connectivity index (χ2v) is 6.77. The minimum Gasteiger partial charge on any atom is -0.344 e. The lowest BCUT2D eigenvalue weighted by molar-refractivity contribution is 0.0927. The van der Waals surface area contributed by atoms with Gasteiger partial charge < -0.3 is 5.32 Å². The molecule has 132 valence electrons. The van der Waals surface area contributed by atoms with Gasteiger partial charge in [0.25, 0.3) is 5.91 Å². The second-order valence-electron chi connectivity index (χ2n) is 6.77. The van der Waals surface area contributed by atoms with E-state index in [2.05, 4.69) is 32.2 Å². The van der Waals surface area contributed by atoms with E-state index in [9.17, 15) is 4.79 Å². The molecule has 0 aliphatic heterocycles. The van der Waals surface area contributed by atoms with Crippen LogP contribution in [-0.2, 0) is 13.0 Å². The summed E-state index contributed by atoms with van der Waals surface area (Å²) in [5, 5.41) is 7.73. The molecule has 5 heteroatoms. The van der Waals surface area contributed by atoms with Crippen LogP contribution in [0.15, 0.2) is 54.7 Å². The summed E-state index contributed by atoms with van der Waals surface area (Å²) < 4.78 is 2.06. The van der Waals surface area contributed by atoms with Crippen LogP contribution in [0.2, 0.25) is 0 Å². The zero-order chi connectivity index (χ0) is 17.9. The van der Waals surface area contributed by atoms with Crippen molar-refractivity contribution in [2.75, 3.05) is 0 Å². The molecule has 0 saturated heterocycles. The summed E-state index contributed by atoms with van der Waals surface area (Å²) >= 11 is 0. The van der Waals surface area contributed by atoms with Gasteiger partial charge in [-0.3, -0.25) is 9.48 Å². The SMILES string of the molecule is Cc1cccc(C(=O)N[C@H]2CCCc3c2cnn3Cc2ccccc2)n1. The van der Waals surface area contributed by atoms with E-state index in [4.69, 9.17) is 0 Å². The monoisotopic (exact) mass is 346 g/mol. The van der Waals surface area contributed by atoms with E-state index in [0.29, 0.717) is 5.69 Å². The number of hydrogen-bond donors (Lipinski definition) is 1. The van der Waals surface area contributed by atoms with Crippen LogP contribution >= 0.6 is 0 Å². The van der Waals surface area contributed by atoms with Gasteiger partial charge >= 0.3 is 0 Å². The normalized spacial score (nSPS) is 16.1. The predicted molar refractivity (Wildman–Crippen MR) is 99.9 cm³/mol. The molecule has 0 unspecified atom stereocenters. The lowest BCUT2D eigenvalue weighted by Gasteiger charge is -2.24. The van der Waals surface area contributed by atoms with Crippen molar-refractivity contribution < 1.29 is 4.79 Å². The summed E-state index contributed by atoms with van der Waals surface area (Å²) in [6.07, 6.45) is 4.88. The van der Waals surface area contributed by atoms with Gasteiger partial charge in [-0.15, -0.1) is 0 Å². The summed E-state index contributed by atoms with van der Waals surface area (Å²) in [4.78, 5) is 16.9. The fraction of sp³-hybridized carbons (Fsp3) is 0.286. The molecule has 1 aliphatic rings. The summed E-state index contributed by atoms with van der Waals surface area (Å²) in [5.41, 5.74) is 4.90. The molecule has 1 N–H and O–H groups in total. The van der Waals surface area contributed by atoms with Gasteiger partial charge in [0.05, 0.1) is 18.8 Å². The van der Waals surface area contributed by atoms with Crippen molar-refractivity contribution >= 4 is 5.91 Å². The van der Waals surface area contributed by atoms with Crippen LogP contribution in [-0.4, -0.2) is 20.7 Å². The Labute approximate surface area is 153 Å². The van der Waals surface area contributed by atoms with Crippen molar-refractivity contribution in [1.82, 2.24) is 20.1 Å². The van der Waals surface area contributed by atoms with E-state index in [-0.39, 0.29) is 11.9 Å². The molecule has 2 aromatic heterocycles. The summed E-state index contributed by atoms with van der Waals surface area (Å²) in [6.45, 7) is 2.65. The molecular formula is C21H22N4O. The van der Waals surface area contributed by atoms with Gasteiger partial charge in [0, 0.05) is 17.0 Å². The molecular weight excluding hydrogens is 324 g/mol. The molecule has 2 heterocycles. The molecule has 0 spiro atoms. The molecule has 4 rings (SSSR count). The van der Waals surface area contributed by atoms with E-state index in [0.717, 1.165) is 37.1 Å². The van der Waals surface area contributed by atoms with Crippen LogP contribution in [0.5, 0.6) is 0 Å². The average molecular weight is 346 g/mol. The molecule has 1 atom stereocenters. The summed E-state index contributed by atoms with van der Waals surface area (Å²) in [5.74, 6) is -0.123. The molecule has 0 saturated carbocycles. The van der Waals surface area contributed by atoms with E-state index >= 15 is 0 Å². The number of benzene rings is 1. The van der Waals surface area contributed by atoms with Crippen LogP contribution < -0.4 is 5.32 Å². The summed E-state index contributed by atoms with van der Waals surface area (Å²) in [6, 6.07) is 15.8. The van der Waals surface area contributed by atoms with Gasteiger partial charge in [0.15, 0.2) is 0 Å². The number of carbonyl (C=O) groups excluding carboxylic acids is 1. The number of hydrogen-bond acceptors (Lipinski definition) is 3. The second kappa shape index (κ2) is 7.12. The molecule has 26 heavy (non-hydrogen) atoms. The van der Waals surface area contributed by atoms with Gasteiger partial charge in [-0.2, -0.15) is 5.10 Å². The Kier molecular flexibility index (Phi) is 4.52. The third kappa shape index (κ3) is 3.38.